The van der Waals surface area contributed by atoms with Gasteiger partial charge in [-0.05, 0) is 42.0 Å². The van der Waals surface area contributed by atoms with Gasteiger partial charge in [0.05, 0.1) is 5.69 Å². The van der Waals surface area contributed by atoms with Gasteiger partial charge in [-0.3, -0.25) is 9.89 Å². The largest absolute Gasteiger partial charge is 0.439 e. The highest BCUT2D eigenvalue weighted by molar-refractivity contribution is 5.93. The maximum atomic E-state index is 13.0. The number of rotatable bonds is 6. The Morgan fingerprint density at radius 2 is 1.83 bits per heavy atom. The number of carbonyl (C=O) groups is 1. The van der Waals surface area contributed by atoms with Crippen LogP contribution in [0, 0.1) is 5.82 Å². The van der Waals surface area contributed by atoms with Gasteiger partial charge < -0.3 is 10.1 Å². The molecule has 0 saturated carbocycles. The van der Waals surface area contributed by atoms with E-state index in [4.69, 9.17) is 4.74 Å². The molecule has 0 spiro atoms. The third kappa shape index (κ3) is 4.65. The molecule has 2 aromatic heterocycles. The minimum absolute atomic E-state index is 0.266. The first kappa shape index (κ1) is 18.4. The molecule has 144 valence electrons. The number of H-pyrrole nitrogens is 1. The van der Waals surface area contributed by atoms with E-state index in [9.17, 15) is 9.18 Å². The molecule has 0 aliphatic heterocycles. The Hall–Kier alpha value is -4.00. The molecule has 0 radical (unpaired) electrons. The zero-order valence-electron chi connectivity index (χ0n) is 15.3. The van der Waals surface area contributed by atoms with E-state index in [1.807, 2.05) is 30.3 Å². The molecule has 4 rings (SSSR count). The summed E-state index contributed by atoms with van der Waals surface area (Å²) in [5.41, 5.74) is 2.82. The maximum absolute atomic E-state index is 13.0. The van der Waals surface area contributed by atoms with Gasteiger partial charge in [-0.25, -0.2) is 9.37 Å². The van der Waals surface area contributed by atoms with Crippen molar-refractivity contribution >= 4 is 5.91 Å². The van der Waals surface area contributed by atoms with E-state index in [-0.39, 0.29) is 11.7 Å². The van der Waals surface area contributed by atoms with Crippen molar-refractivity contribution in [3.05, 3.63) is 96.1 Å². The third-order valence-corrected chi connectivity index (χ3v) is 4.18. The first-order chi connectivity index (χ1) is 14.2. The summed E-state index contributed by atoms with van der Waals surface area (Å²) in [6, 6.07) is 20.5. The van der Waals surface area contributed by atoms with Gasteiger partial charge in [0, 0.05) is 24.4 Å². The van der Waals surface area contributed by atoms with Crippen molar-refractivity contribution in [2.24, 2.45) is 0 Å². The zero-order chi connectivity index (χ0) is 20.1. The van der Waals surface area contributed by atoms with Gasteiger partial charge in [-0.15, -0.1) is 0 Å². The standard InChI is InChI=1S/C22H17FN4O2/c23-17-6-8-18(9-7-17)29-21-12-15(10-11-24-21)14-25-22(28)20-13-19(26-27-20)16-4-2-1-3-5-16/h1-13H,14H2,(H,25,28)(H,26,27). The molecule has 1 amide bonds. The summed E-state index contributed by atoms with van der Waals surface area (Å²) in [6.45, 7) is 0.292. The molecule has 29 heavy (non-hydrogen) atoms. The fourth-order valence-corrected chi connectivity index (χ4v) is 2.71. The van der Waals surface area contributed by atoms with Crippen LogP contribution < -0.4 is 10.1 Å². The van der Waals surface area contributed by atoms with Gasteiger partial charge in [0.1, 0.15) is 17.3 Å². The molecule has 6 nitrogen and oxygen atoms in total. The molecule has 2 heterocycles. The number of nitrogens with one attached hydrogen (secondary N) is 2. The number of pyridine rings is 1. The summed E-state index contributed by atoms with van der Waals surface area (Å²) in [6.07, 6.45) is 1.59. The van der Waals surface area contributed by atoms with Crippen LogP contribution in [0.15, 0.2) is 79.0 Å². The number of halogens is 1. The summed E-state index contributed by atoms with van der Waals surface area (Å²) < 4.78 is 18.6. The van der Waals surface area contributed by atoms with Crippen molar-refractivity contribution in [3.63, 3.8) is 0 Å². The molecule has 7 heteroatoms. The van der Waals surface area contributed by atoms with E-state index >= 15 is 0 Å². The van der Waals surface area contributed by atoms with Crippen molar-refractivity contribution in [2.45, 2.75) is 6.54 Å². The Bertz CT molecular complexity index is 1110. The van der Waals surface area contributed by atoms with Crippen molar-refractivity contribution in [3.8, 4) is 22.9 Å². The molecule has 0 fully saturated rings. The number of hydrogen-bond acceptors (Lipinski definition) is 4. The minimum atomic E-state index is -0.337. The van der Waals surface area contributed by atoms with E-state index in [2.05, 4.69) is 20.5 Å². The highest BCUT2D eigenvalue weighted by Crippen LogP contribution is 2.20. The maximum Gasteiger partial charge on any atom is 0.269 e. The normalized spacial score (nSPS) is 10.5. The lowest BCUT2D eigenvalue weighted by atomic mass is 10.1. The van der Waals surface area contributed by atoms with Crippen LogP contribution in [0.3, 0.4) is 0 Å². The summed E-state index contributed by atoms with van der Waals surface area (Å²) in [5.74, 6) is 0.232. The zero-order valence-corrected chi connectivity index (χ0v) is 15.3. The van der Waals surface area contributed by atoms with Gasteiger partial charge in [0.25, 0.3) is 5.91 Å². The first-order valence-corrected chi connectivity index (χ1v) is 8.95. The Morgan fingerprint density at radius 1 is 1.03 bits per heavy atom. The quantitative estimate of drug-likeness (QED) is 0.515. The van der Waals surface area contributed by atoms with Gasteiger partial charge in [-0.2, -0.15) is 5.10 Å². The van der Waals surface area contributed by atoms with Crippen LogP contribution in [-0.4, -0.2) is 21.1 Å². The van der Waals surface area contributed by atoms with Crippen molar-refractivity contribution < 1.29 is 13.9 Å². The lowest BCUT2D eigenvalue weighted by molar-refractivity contribution is 0.0946. The number of ether oxygens (including phenoxy) is 1. The molecule has 2 N–H and O–H groups in total. The Kier molecular flexibility index (Phi) is 5.29. The number of amides is 1. The second-order valence-electron chi connectivity index (χ2n) is 6.27. The van der Waals surface area contributed by atoms with Crippen LogP contribution in [0.25, 0.3) is 11.3 Å². The highest BCUT2D eigenvalue weighted by atomic mass is 19.1. The topological polar surface area (TPSA) is 79.9 Å². The Balaban J connectivity index is 1.38. The summed E-state index contributed by atoms with van der Waals surface area (Å²) >= 11 is 0. The Morgan fingerprint density at radius 3 is 2.62 bits per heavy atom. The molecule has 0 bridgehead atoms. The summed E-state index contributed by atoms with van der Waals surface area (Å²) in [5, 5.41) is 9.78. The molecule has 0 saturated heterocycles. The number of carbonyl (C=O) groups excluding carboxylic acids is 1. The number of aromatic amines is 1. The summed E-state index contributed by atoms with van der Waals surface area (Å²) in [7, 11) is 0. The predicted molar refractivity (Wildman–Crippen MR) is 106 cm³/mol. The average molecular weight is 388 g/mol. The van der Waals surface area contributed by atoms with Gasteiger partial charge in [0.15, 0.2) is 0 Å². The molecule has 0 atom stereocenters. The molecule has 4 aromatic rings. The number of benzene rings is 2. The monoisotopic (exact) mass is 388 g/mol. The summed E-state index contributed by atoms with van der Waals surface area (Å²) in [4.78, 5) is 16.5. The van der Waals surface area contributed by atoms with E-state index < -0.39 is 0 Å². The average Bonchev–Trinajstić information content (AvgIpc) is 3.25. The van der Waals surface area contributed by atoms with Gasteiger partial charge in [0.2, 0.25) is 5.88 Å². The smallest absolute Gasteiger partial charge is 0.269 e. The molecule has 2 aromatic carbocycles. The van der Waals surface area contributed by atoms with Crippen molar-refractivity contribution in [1.29, 1.82) is 0 Å². The van der Waals surface area contributed by atoms with Crippen molar-refractivity contribution in [2.75, 3.05) is 0 Å². The van der Waals surface area contributed by atoms with E-state index in [0.29, 0.717) is 29.6 Å². The number of nitrogens with zero attached hydrogens (tertiary/aromatic N) is 2. The van der Waals surface area contributed by atoms with Crippen LogP contribution in [0.2, 0.25) is 0 Å². The van der Waals surface area contributed by atoms with E-state index in [1.165, 1.54) is 24.3 Å². The van der Waals surface area contributed by atoms with Crippen LogP contribution in [0.1, 0.15) is 16.1 Å². The van der Waals surface area contributed by atoms with Gasteiger partial charge in [-0.1, -0.05) is 30.3 Å². The second-order valence-corrected chi connectivity index (χ2v) is 6.27. The van der Waals surface area contributed by atoms with E-state index in [1.54, 1.807) is 24.4 Å². The first-order valence-electron chi connectivity index (χ1n) is 8.95. The lowest BCUT2D eigenvalue weighted by Gasteiger charge is -2.07. The number of aromatic nitrogens is 3. The van der Waals surface area contributed by atoms with Gasteiger partial charge >= 0.3 is 0 Å². The van der Waals surface area contributed by atoms with Crippen LogP contribution in [0.4, 0.5) is 4.39 Å². The minimum Gasteiger partial charge on any atom is -0.439 e. The lowest BCUT2D eigenvalue weighted by Crippen LogP contribution is -2.23. The number of hydrogen-bond donors (Lipinski definition) is 2. The molecule has 0 unspecified atom stereocenters. The molecular formula is C22H17FN4O2. The molecule has 0 aliphatic carbocycles. The third-order valence-electron chi connectivity index (χ3n) is 4.18. The van der Waals surface area contributed by atoms with Crippen LogP contribution >= 0.6 is 0 Å². The highest BCUT2D eigenvalue weighted by Gasteiger charge is 2.11. The molecular weight excluding hydrogens is 371 g/mol. The fraction of sp³-hybridized carbons (Fsp3) is 0.0455. The van der Waals surface area contributed by atoms with Crippen LogP contribution in [-0.2, 0) is 6.54 Å². The van der Waals surface area contributed by atoms with Crippen molar-refractivity contribution in [1.82, 2.24) is 20.5 Å². The SMILES string of the molecule is O=C(NCc1ccnc(Oc2ccc(F)cc2)c1)c1cc(-c2ccccc2)n[nH]1. The second kappa shape index (κ2) is 8.35. The fourth-order valence-electron chi connectivity index (χ4n) is 2.71. The Labute approximate surface area is 166 Å². The van der Waals surface area contributed by atoms with E-state index in [0.717, 1.165) is 11.1 Å². The predicted octanol–water partition coefficient (Wildman–Crippen LogP) is 4.33. The van der Waals surface area contributed by atoms with Crippen LogP contribution in [0.5, 0.6) is 11.6 Å². The molecule has 0 aliphatic rings.